The summed E-state index contributed by atoms with van der Waals surface area (Å²) in [6.07, 6.45) is 7.87. The number of nitrogens with zero attached hydrogens (tertiary/aromatic N) is 4. The van der Waals surface area contributed by atoms with Gasteiger partial charge in [-0.25, -0.2) is 9.97 Å². The van der Waals surface area contributed by atoms with Gasteiger partial charge in [0.15, 0.2) is 0 Å². The molecule has 1 aliphatic rings. The highest BCUT2D eigenvalue weighted by molar-refractivity contribution is 5.92. The first-order valence-corrected chi connectivity index (χ1v) is 8.88. The van der Waals surface area contributed by atoms with E-state index in [1.54, 1.807) is 6.07 Å². The Hall–Kier alpha value is -2.44. The standard InChI is InChI=1S/C18H26N6O/c1-11(2)15-8-16(23-18(19)22-15)17(25)21-13-4-6-14(7-5-13)24-10-12(3)9-20-24/h8-11,13-14H,4-7H2,1-3H3,(H,21,25)(H2,19,22,23). The Kier molecular flexibility index (Phi) is 5.01. The quantitative estimate of drug-likeness (QED) is 0.890. The zero-order valence-corrected chi connectivity index (χ0v) is 15.1. The summed E-state index contributed by atoms with van der Waals surface area (Å²) in [7, 11) is 0. The van der Waals surface area contributed by atoms with Gasteiger partial charge in [-0.15, -0.1) is 0 Å². The molecule has 0 aliphatic heterocycles. The summed E-state index contributed by atoms with van der Waals surface area (Å²) in [5.74, 6) is 0.174. The summed E-state index contributed by atoms with van der Waals surface area (Å²) >= 11 is 0. The molecule has 1 saturated carbocycles. The predicted octanol–water partition coefficient (Wildman–Crippen LogP) is 2.60. The van der Waals surface area contributed by atoms with Gasteiger partial charge in [0.2, 0.25) is 5.95 Å². The summed E-state index contributed by atoms with van der Waals surface area (Å²) < 4.78 is 2.05. The van der Waals surface area contributed by atoms with Crippen LogP contribution in [0.2, 0.25) is 0 Å². The zero-order chi connectivity index (χ0) is 18.0. The van der Waals surface area contributed by atoms with Crippen LogP contribution in [0.5, 0.6) is 0 Å². The first-order chi connectivity index (χ1) is 11.9. The molecule has 0 radical (unpaired) electrons. The number of hydrogen-bond acceptors (Lipinski definition) is 5. The van der Waals surface area contributed by atoms with Crippen molar-refractivity contribution in [3.8, 4) is 0 Å². The number of anilines is 1. The topological polar surface area (TPSA) is 98.7 Å². The minimum absolute atomic E-state index is 0.147. The largest absolute Gasteiger partial charge is 0.368 e. The van der Waals surface area contributed by atoms with E-state index in [9.17, 15) is 4.79 Å². The Bertz CT molecular complexity index is 746. The lowest BCUT2D eigenvalue weighted by Gasteiger charge is -2.29. The van der Waals surface area contributed by atoms with Crippen LogP contribution in [0.4, 0.5) is 5.95 Å². The number of nitrogens with two attached hydrogens (primary N) is 1. The average Bonchev–Trinajstić information content (AvgIpc) is 3.01. The van der Waals surface area contributed by atoms with Crippen LogP contribution in [0.1, 0.15) is 73.2 Å². The summed E-state index contributed by atoms with van der Waals surface area (Å²) in [5, 5.41) is 7.50. The summed E-state index contributed by atoms with van der Waals surface area (Å²) in [4.78, 5) is 20.8. The minimum Gasteiger partial charge on any atom is -0.368 e. The Labute approximate surface area is 148 Å². The van der Waals surface area contributed by atoms with Crippen LogP contribution in [0.15, 0.2) is 18.5 Å². The maximum atomic E-state index is 12.5. The Morgan fingerprint density at radius 2 is 2.00 bits per heavy atom. The Balaban J connectivity index is 1.59. The molecule has 1 aliphatic carbocycles. The first-order valence-electron chi connectivity index (χ1n) is 8.88. The highest BCUT2D eigenvalue weighted by atomic mass is 16.1. The highest BCUT2D eigenvalue weighted by Gasteiger charge is 2.25. The maximum Gasteiger partial charge on any atom is 0.270 e. The number of amides is 1. The van der Waals surface area contributed by atoms with Crippen molar-refractivity contribution < 1.29 is 4.79 Å². The zero-order valence-electron chi connectivity index (χ0n) is 15.1. The molecule has 7 nitrogen and oxygen atoms in total. The molecule has 2 heterocycles. The van der Waals surface area contributed by atoms with Gasteiger partial charge in [-0.3, -0.25) is 9.48 Å². The van der Waals surface area contributed by atoms with Crippen LogP contribution in [-0.2, 0) is 0 Å². The molecular formula is C18H26N6O. The summed E-state index contributed by atoms with van der Waals surface area (Å²) in [6.45, 7) is 6.08. The molecule has 134 valence electrons. The fourth-order valence-electron chi connectivity index (χ4n) is 3.27. The van der Waals surface area contributed by atoms with Crippen molar-refractivity contribution in [2.24, 2.45) is 0 Å². The van der Waals surface area contributed by atoms with E-state index in [0.29, 0.717) is 11.7 Å². The van der Waals surface area contributed by atoms with Gasteiger partial charge in [0.25, 0.3) is 5.91 Å². The van der Waals surface area contributed by atoms with Crippen molar-refractivity contribution in [3.63, 3.8) is 0 Å². The fraction of sp³-hybridized carbons (Fsp3) is 0.556. The number of aryl methyl sites for hydroxylation is 1. The summed E-state index contributed by atoms with van der Waals surface area (Å²) in [5.41, 5.74) is 8.05. The van der Waals surface area contributed by atoms with Gasteiger partial charge in [0, 0.05) is 17.9 Å². The Morgan fingerprint density at radius 3 is 2.60 bits per heavy atom. The van der Waals surface area contributed by atoms with Crippen LogP contribution in [0, 0.1) is 6.92 Å². The van der Waals surface area contributed by atoms with Crippen LogP contribution >= 0.6 is 0 Å². The number of nitrogens with one attached hydrogen (secondary N) is 1. The van der Waals surface area contributed by atoms with E-state index in [1.807, 2.05) is 31.6 Å². The lowest BCUT2D eigenvalue weighted by molar-refractivity contribution is 0.0916. The second kappa shape index (κ2) is 7.21. The van der Waals surface area contributed by atoms with E-state index in [4.69, 9.17) is 5.73 Å². The van der Waals surface area contributed by atoms with Gasteiger partial charge >= 0.3 is 0 Å². The van der Waals surface area contributed by atoms with E-state index >= 15 is 0 Å². The van der Waals surface area contributed by atoms with Crippen molar-refractivity contribution >= 4 is 11.9 Å². The molecule has 1 amide bonds. The second-order valence-electron chi connectivity index (χ2n) is 7.17. The number of carbonyl (C=O) groups excluding carboxylic acids is 1. The molecule has 1 fully saturated rings. The van der Waals surface area contributed by atoms with Gasteiger partial charge in [-0.2, -0.15) is 5.10 Å². The van der Waals surface area contributed by atoms with E-state index in [-0.39, 0.29) is 23.8 Å². The molecule has 25 heavy (non-hydrogen) atoms. The van der Waals surface area contributed by atoms with E-state index in [0.717, 1.165) is 31.4 Å². The third-order valence-corrected chi connectivity index (χ3v) is 4.72. The van der Waals surface area contributed by atoms with Crippen LogP contribution in [0.25, 0.3) is 0 Å². The van der Waals surface area contributed by atoms with Crippen molar-refractivity contribution in [1.29, 1.82) is 0 Å². The predicted molar refractivity (Wildman–Crippen MR) is 96.3 cm³/mol. The van der Waals surface area contributed by atoms with Gasteiger partial charge < -0.3 is 11.1 Å². The number of carbonyl (C=O) groups is 1. The normalized spacial score (nSPS) is 20.6. The molecule has 0 saturated heterocycles. The van der Waals surface area contributed by atoms with Crippen molar-refractivity contribution in [2.45, 2.75) is 64.5 Å². The van der Waals surface area contributed by atoms with Gasteiger partial charge in [-0.05, 0) is 50.2 Å². The van der Waals surface area contributed by atoms with Crippen LogP contribution in [0.3, 0.4) is 0 Å². The molecule has 0 bridgehead atoms. The lowest BCUT2D eigenvalue weighted by Crippen LogP contribution is -2.38. The molecule has 0 unspecified atom stereocenters. The molecule has 2 aromatic heterocycles. The SMILES string of the molecule is Cc1cnn(C2CCC(NC(=O)c3cc(C(C)C)nc(N)n3)CC2)c1. The van der Waals surface area contributed by atoms with Gasteiger partial charge in [-0.1, -0.05) is 13.8 Å². The number of aromatic nitrogens is 4. The molecule has 3 N–H and O–H groups in total. The number of hydrogen-bond donors (Lipinski definition) is 2. The van der Waals surface area contributed by atoms with Crippen LogP contribution < -0.4 is 11.1 Å². The molecule has 0 aromatic carbocycles. The highest BCUT2D eigenvalue weighted by Crippen LogP contribution is 2.28. The molecule has 3 rings (SSSR count). The van der Waals surface area contributed by atoms with E-state index < -0.39 is 0 Å². The Morgan fingerprint density at radius 1 is 1.28 bits per heavy atom. The molecular weight excluding hydrogens is 316 g/mol. The monoisotopic (exact) mass is 342 g/mol. The smallest absolute Gasteiger partial charge is 0.270 e. The van der Waals surface area contributed by atoms with Crippen molar-refractivity contribution in [1.82, 2.24) is 25.1 Å². The molecule has 0 atom stereocenters. The maximum absolute atomic E-state index is 12.5. The number of rotatable bonds is 4. The average molecular weight is 342 g/mol. The molecule has 0 spiro atoms. The van der Waals surface area contributed by atoms with Crippen molar-refractivity contribution in [3.05, 3.63) is 35.4 Å². The number of nitrogen functional groups attached to an aromatic ring is 1. The van der Waals surface area contributed by atoms with Crippen molar-refractivity contribution in [2.75, 3.05) is 5.73 Å². The molecule has 2 aromatic rings. The fourth-order valence-corrected chi connectivity index (χ4v) is 3.27. The van der Waals surface area contributed by atoms with Crippen LogP contribution in [-0.4, -0.2) is 31.7 Å². The summed E-state index contributed by atoms with van der Waals surface area (Å²) in [6, 6.07) is 2.32. The minimum atomic E-state index is -0.172. The first kappa shape index (κ1) is 17.4. The van der Waals surface area contributed by atoms with E-state index in [2.05, 4.69) is 26.6 Å². The van der Waals surface area contributed by atoms with E-state index in [1.165, 1.54) is 5.56 Å². The van der Waals surface area contributed by atoms with Gasteiger partial charge in [0.1, 0.15) is 5.69 Å². The third kappa shape index (κ3) is 4.15. The lowest BCUT2D eigenvalue weighted by atomic mass is 9.91. The van der Waals surface area contributed by atoms with Gasteiger partial charge in [0.05, 0.1) is 12.2 Å². The second-order valence-corrected chi connectivity index (χ2v) is 7.17. The molecule has 7 heteroatoms. The third-order valence-electron chi connectivity index (χ3n) is 4.72.